The zero-order chi connectivity index (χ0) is 13.8. The van der Waals surface area contributed by atoms with Gasteiger partial charge in [-0.1, -0.05) is 27.2 Å². The molecule has 0 aromatic rings. The molecular formula is C13H24N2O3. The van der Waals surface area contributed by atoms with Gasteiger partial charge in [0.25, 0.3) is 0 Å². The topological polar surface area (TPSA) is 78.4 Å². The maximum atomic E-state index is 11.6. The van der Waals surface area contributed by atoms with E-state index in [9.17, 15) is 9.59 Å². The summed E-state index contributed by atoms with van der Waals surface area (Å²) in [6, 6.07) is -1.18. The van der Waals surface area contributed by atoms with Gasteiger partial charge < -0.3 is 15.7 Å². The fraction of sp³-hybridized carbons (Fsp3) is 0.846. The number of rotatable bonds is 6. The van der Waals surface area contributed by atoms with Crippen molar-refractivity contribution in [2.24, 2.45) is 11.3 Å². The van der Waals surface area contributed by atoms with E-state index in [2.05, 4.69) is 17.6 Å². The van der Waals surface area contributed by atoms with Crippen LogP contribution in [0, 0.1) is 11.3 Å². The number of carboxylic acids is 1. The molecule has 1 aliphatic carbocycles. The average Bonchev–Trinajstić information content (AvgIpc) is 2.22. The molecule has 104 valence electrons. The smallest absolute Gasteiger partial charge is 0.326 e. The number of hydrogen-bond donors (Lipinski definition) is 3. The van der Waals surface area contributed by atoms with E-state index in [0.717, 1.165) is 12.8 Å². The van der Waals surface area contributed by atoms with E-state index >= 15 is 0 Å². The second-order valence-electron chi connectivity index (χ2n) is 6.01. The minimum absolute atomic E-state index is 0.202. The van der Waals surface area contributed by atoms with E-state index in [4.69, 9.17) is 5.11 Å². The van der Waals surface area contributed by atoms with Gasteiger partial charge in [0.2, 0.25) is 0 Å². The molecule has 1 atom stereocenters. The fourth-order valence-electron chi connectivity index (χ4n) is 2.15. The minimum atomic E-state index is -0.978. The molecule has 2 amide bonds. The molecule has 1 rings (SSSR count). The van der Waals surface area contributed by atoms with Crippen molar-refractivity contribution in [2.45, 2.75) is 52.5 Å². The number of hydrogen-bond acceptors (Lipinski definition) is 2. The third-order valence-corrected chi connectivity index (χ3v) is 3.55. The summed E-state index contributed by atoms with van der Waals surface area (Å²) in [6.45, 7) is 6.63. The number of carboxylic acid groups (broad SMARTS) is 1. The highest BCUT2D eigenvalue weighted by Crippen LogP contribution is 2.39. The summed E-state index contributed by atoms with van der Waals surface area (Å²) in [4.78, 5) is 22.6. The van der Waals surface area contributed by atoms with Crippen molar-refractivity contribution in [2.75, 3.05) is 6.54 Å². The summed E-state index contributed by atoms with van der Waals surface area (Å²) in [5, 5.41) is 14.3. The Morgan fingerprint density at radius 3 is 2.33 bits per heavy atom. The van der Waals surface area contributed by atoms with Crippen molar-refractivity contribution in [1.82, 2.24) is 10.6 Å². The summed E-state index contributed by atoms with van der Waals surface area (Å²) in [5.41, 5.74) is 0.202. The van der Waals surface area contributed by atoms with Crippen LogP contribution in [0.15, 0.2) is 0 Å². The Hall–Kier alpha value is -1.26. The molecule has 1 aliphatic rings. The predicted molar refractivity (Wildman–Crippen MR) is 69.4 cm³/mol. The summed E-state index contributed by atoms with van der Waals surface area (Å²) < 4.78 is 0. The number of urea groups is 1. The Balaban J connectivity index is 2.34. The van der Waals surface area contributed by atoms with Crippen molar-refractivity contribution in [3.8, 4) is 0 Å². The molecule has 0 aromatic carbocycles. The van der Waals surface area contributed by atoms with Gasteiger partial charge >= 0.3 is 12.0 Å². The van der Waals surface area contributed by atoms with E-state index in [-0.39, 0.29) is 17.4 Å². The lowest BCUT2D eigenvalue weighted by molar-refractivity contribution is -0.139. The van der Waals surface area contributed by atoms with Crippen LogP contribution in [0.5, 0.6) is 0 Å². The number of amides is 2. The SMILES string of the molecule is CC(C)C[C@H](NC(=O)NCC1(C)CCC1)C(=O)O. The molecule has 0 saturated heterocycles. The van der Waals surface area contributed by atoms with Crippen LogP contribution in [0.3, 0.4) is 0 Å². The molecule has 1 fully saturated rings. The molecule has 18 heavy (non-hydrogen) atoms. The van der Waals surface area contributed by atoms with Crippen LogP contribution < -0.4 is 10.6 Å². The van der Waals surface area contributed by atoms with E-state index in [1.807, 2.05) is 13.8 Å². The maximum Gasteiger partial charge on any atom is 0.326 e. The van der Waals surface area contributed by atoms with E-state index in [1.54, 1.807) is 0 Å². The van der Waals surface area contributed by atoms with Gasteiger partial charge in [0.1, 0.15) is 6.04 Å². The summed E-state index contributed by atoms with van der Waals surface area (Å²) in [7, 11) is 0. The second kappa shape index (κ2) is 6.07. The molecule has 0 aromatic heterocycles. The number of aliphatic carboxylic acids is 1. The molecule has 0 unspecified atom stereocenters. The standard InChI is InChI=1S/C13H24N2O3/c1-9(2)7-10(11(16)17)15-12(18)14-8-13(3)5-4-6-13/h9-10H,4-8H2,1-3H3,(H,16,17)(H2,14,15,18)/t10-/m0/s1. The Bertz CT molecular complexity index is 311. The second-order valence-corrected chi connectivity index (χ2v) is 6.01. The monoisotopic (exact) mass is 256 g/mol. The Labute approximate surface area is 108 Å². The molecule has 5 nitrogen and oxygen atoms in total. The zero-order valence-corrected chi connectivity index (χ0v) is 11.5. The van der Waals surface area contributed by atoms with Gasteiger partial charge in [-0.2, -0.15) is 0 Å². The van der Waals surface area contributed by atoms with Crippen LogP contribution in [0.2, 0.25) is 0 Å². The molecule has 1 saturated carbocycles. The van der Waals surface area contributed by atoms with Gasteiger partial charge in [0, 0.05) is 6.54 Å². The lowest BCUT2D eigenvalue weighted by Crippen LogP contribution is -2.49. The molecule has 0 spiro atoms. The van der Waals surface area contributed by atoms with Gasteiger partial charge in [0.05, 0.1) is 0 Å². The zero-order valence-electron chi connectivity index (χ0n) is 11.5. The van der Waals surface area contributed by atoms with Crippen molar-refractivity contribution in [1.29, 1.82) is 0 Å². The van der Waals surface area contributed by atoms with Crippen LogP contribution >= 0.6 is 0 Å². The molecule has 0 radical (unpaired) electrons. The van der Waals surface area contributed by atoms with Crippen LogP contribution in [0.1, 0.15) is 46.5 Å². The van der Waals surface area contributed by atoms with Gasteiger partial charge in [-0.15, -0.1) is 0 Å². The van der Waals surface area contributed by atoms with Crippen LogP contribution in [0.25, 0.3) is 0 Å². The Morgan fingerprint density at radius 1 is 1.33 bits per heavy atom. The number of carbonyl (C=O) groups is 2. The van der Waals surface area contributed by atoms with Gasteiger partial charge in [-0.25, -0.2) is 9.59 Å². The van der Waals surface area contributed by atoms with Crippen LogP contribution in [-0.4, -0.2) is 29.7 Å². The largest absolute Gasteiger partial charge is 0.480 e. The Morgan fingerprint density at radius 2 is 1.94 bits per heavy atom. The molecule has 0 bridgehead atoms. The first-order valence-corrected chi connectivity index (χ1v) is 6.59. The Kier molecular flexibility index (Phi) is 4.99. The molecule has 3 N–H and O–H groups in total. The van der Waals surface area contributed by atoms with Crippen molar-refractivity contribution >= 4 is 12.0 Å². The van der Waals surface area contributed by atoms with E-state index in [0.29, 0.717) is 13.0 Å². The van der Waals surface area contributed by atoms with E-state index < -0.39 is 12.0 Å². The highest BCUT2D eigenvalue weighted by Gasteiger charge is 2.32. The van der Waals surface area contributed by atoms with E-state index in [1.165, 1.54) is 6.42 Å². The summed E-state index contributed by atoms with van der Waals surface area (Å²) in [5.74, 6) is -0.746. The van der Waals surface area contributed by atoms with Gasteiger partial charge in [-0.05, 0) is 30.6 Å². The first-order valence-electron chi connectivity index (χ1n) is 6.59. The average molecular weight is 256 g/mol. The molecule has 5 heteroatoms. The predicted octanol–water partition coefficient (Wildman–Crippen LogP) is 1.98. The van der Waals surface area contributed by atoms with Gasteiger partial charge in [0.15, 0.2) is 0 Å². The maximum absolute atomic E-state index is 11.6. The van der Waals surface area contributed by atoms with Crippen LogP contribution in [0.4, 0.5) is 4.79 Å². The summed E-state index contributed by atoms with van der Waals surface area (Å²) >= 11 is 0. The third-order valence-electron chi connectivity index (χ3n) is 3.55. The highest BCUT2D eigenvalue weighted by atomic mass is 16.4. The summed E-state index contributed by atoms with van der Waals surface area (Å²) in [6.07, 6.45) is 3.91. The minimum Gasteiger partial charge on any atom is -0.480 e. The van der Waals surface area contributed by atoms with Crippen molar-refractivity contribution in [3.05, 3.63) is 0 Å². The van der Waals surface area contributed by atoms with Crippen molar-refractivity contribution < 1.29 is 14.7 Å². The van der Waals surface area contributed by atoms with Crippen molar-refractivity contribution in [3.63, 3.8) is 0 Å². The third kappa shape index (κ3) is 4.55. The molecule has 0 aliphatic heterocycles. The number of carbonyl (C=O) groups excluding carboxylic acids is 1. The highest BCUT2D eigenvalue weighted by molar-refractivity contribution is 5.82. The number of nitrogens with one attached hydrogen (secondary N) is 2. The molecule has 0 heterocycles. The first kappa shape index (κ1) is 14.8. The first-order chi connectivity index (χ1) is 8.32. The lowest BCUT2D eigenvalue weighted by Gasteiger charge is -2.38. The quantitative estimate of drug-likeness (QED) is 0.680. The fourth-order valence-corrected chi connectivity index (χ4v) is 2.15. The van der Waals surface area contributed by atoms with Crippen LogP contribution in [-0.2, 0) is 4.79 Å². The normalized spacial score (nSPS) is 18.9. The van der Waals surface area contributed by atoms with Gasteiger partial charge in [-0.3, -0.25) is 0 Å². The molecular weight excluding hydrogens is 232 g/mol. The lowest BCUT2D eigenvalue weighted by atomic mass is 9.70.